The van der Waals surface area contributed by atoms with Crippen LogP contribution in [-0.2, 0) is 17.1 Å². The Balaban J connectivity index is 1.41. The fourth-order valence-electron chi connectivity index (χ4n) is 1.96. The van der Waals surface area contributed by atoms with E-state index >= 15 is 0 Å². The van der Waals surface area contributed by atoms with E-state index in [0.29, 0.717) is 12.3 Å². The molecule has 0 fully saturated rings. The third-order valence-corrected chi connectivity index (χ3v) is 4.95. The molecular formula is C16H16N4OS2. The molecule has 0 aliphatic carbocycles. The summed E-state index contributed by atoms with van der Waals surface area (Å²) in [4.78, 5) is 11.9. The molecule has 1 aromatic carbocycles. The molecule has 0 radical (unpaired) electrons. The first-order valence-electron chi connectivity index (χ1n) is 7.15. The van der Waals surface area contributed by atoms with Crippen molar-refractivity contribution in [1.82, 2.24) is 20.3 Å². The third kappa shape index (κ3) is 4.67. The van der Waals surface area contributed by atoms with Gasteiger partial charge in [0.15, 0.2) is 0 Å². The molecule has 5 nitrogen and oxygen atoms in total. The Morgan fingerprint density at radius 3 is 2.87 bits per heavy atom. The fraction of sp³-hybridized carbons (Fsp3) is 0.188. The number of benzene rings is 1. The van der Waals surface area contributed by atoms with Gasteiger partial charge < -0.3 is 5.32 Å². The maximum atomic E-state index is 11.9. The Morgan fingerprint density at radius 2 is 2.09 bits per heavy atom. The van der Waals surface area contributed by atoms with Crippen molar-refractivity contribution >= 4 is 29.0 Å². The number of amides is 1. The number of hydrogen-bond donors (Lipinski definition) is 1. The van der Waals surface area contributed by atoms with E-state index in [4.69, 9.17) is 0 Å². The summed E-state index contributed by atoms with van der Waals surface area (Å²) >= 11 is 3.19. The molecular weight excluding hydrogens is 328 g/mol. The standard InChI is InChI=1S/C16H16N4OS2/c21-15(12-22-11-13-5-2-1-3-6-13)17-9-14-10-20(19-18-14)16-7-4-8-23-16/h1-8,10H,9,11-12H2,(H,17,21). The topological polar surface area (TPSA) is 59.8 Å². The summed E-state index contributed by atoms with van der Waals surface area (Å²) in [6.07, 6.45) is 1.84. The lowest BCUT2D eigenvalue weighted by atomic mass is 10.2. The van der Waals surface area contributed by atoms with E-state index in [1.807, 2.05) is 41.9 Å². The maximum Gasteiger partial charge on any atom is 0.230 e. The number of nitrogens with one attached hydrogen (secondary N) is 1. The van der Waals surface area contributed by atoms with Crippen molar-refractivity contribution in [3.63, 3.8) is 0 Å². The van der Waals surface area contributed by atoms with Gasteiger partial charge in [0.2, 0.25) is 5.91 Å². The number of thiophene rings is 1. The monoisotopic (exact) mass is 344 g/mol. The molecule has 0 saturated heterocycles. The number of carbonyl (C=O) groups is 1. The quantitative estimate of drug-likeness (QED) is 0.716. The second-order valence-electron chi connectivity index (χ2n) is 4.86. The lowest BCUT2D eigenvalue weighted by molar-refractivity contribution is -0.118. The maximum absolute atomic E-state index is 11.9. The molecule has 23 heavy (non-hydrogen) atoms. The molecule has 3 rings (SSSR count). The van der Waals surface area contributed by atoms with Crippen LogP contribution in [0.5, 0.6) is 0 Å². The molecule has 1 amide bonds. The molecule has 0 aliphatic heterocycles. The van der Waals surface area contributed by atoms with Gasteiger partial charge in [0.25, 0.3) is 0 Å². The number of thioether (sulfide) groups is 1. The lowest BCUT2D eigenvalue weighted by Gasteiger charge is -2.03. The molecule has 0 atom stereocenters. The van der Waals surface area contributed by atoms with Crippen LogP contribution in [0.2, 0.25) is 0 Å². The Morgan fingerprint density at radius 1 is 1.22 bits per heavy atom. The number of aromatic nitrogens is 3. The smallest absolute Gasteiger partial charge is 0.230 e. The molecule has 0 unspecified atom stereocenters. The van der Waals surface area contributed by atoms with Gasteiger partial charge in [0.05, 0.1) is 18.5 Å². The minimum absolute atomic E-state index is 0.0107. The summed E-state index contributed by atoms with van der Waals surface area (Å²) < 4.78 is 1.72. The molecule has 3 aromatic rings. The van der Waals surface area contributed by atoms with E-state index in [2.05, 4.69) is 27.8 Å². The summed E-state index contributed by atoms with van der Waals surface area (Å²) in [5, 5.41) is 14.0. The van der Waals surface area contributed by atoms with Crippen LogP contribution in [0.4, 0.5) is 0 Å². The van der Waals surface area contributed by atoms with Crippen LogP contribution >= 0.6 is 23.1 Å². The van der Waals surface area contributed by atoms with Crippen molar-refractivity contribution in [2.24, 2.45) is 0 Å². The van der Waals surface area contributed by atoms with Crippen molar-refractivity contribution < 1.29 is 4.79 Å². The molecule has 0 bridgehead atoms. The van der Waals surface area contributed by atoms with Crippen molar-refractivity contribution in [1.29, 1.82) is 0 Å². The predicted molar refractivity (Wildman–Crippen MR) is 93.7 cm³/mol. The highest BCUT2D eigenvalue weighted by Gasteiger charge is 2.06. The van der Waals surface area contributed by atoms with Crippen LogP contribution in [0.15, 0.2) is 54.0 Å². The molecule has 2 aromatic heterocycles. The highest BCUT2D eigenvalue weighted by Crippen LogP contribution is 2.13. The normalized spacial score (nSPS) is 10.6. The zero-order valence-corrected chi connectivity index (χ0v) is 14.0. The SMILES string of the molecule is O=C(CSCc1ccccc1)NCc1cn(-c2cccs2)nn1. The zero-order chi connectivity index (χ0) is 15.9. The van der Waals surface area contributed by atoms with E-state index in [9.17, 15) is 4.79 Å². The van der Waals surface area contributed by atoms with Crippen molar-refractivity contribution in [2.75, 3.05) is 5.75 Å². The summed E-state index contributed by atoms with van der Waals surface area (Å²) in [6.45, 7) is 0.399. The number of nitrogens with zero attached hydrogens (tertiary/aromatic N) is 3. The van der Waals surface area contributed by atoms with Crippen LogP contribution < -0.4 is 5.32 Å². The van der Waals surface area contributed by atoms with E-state index in [0.717, 1.165) is 16.4 Å². The van der Waals surface area contributed by atoms with Gasteiger partial charge in [-0.2, -0.15) is 0 Å². The molecule has 0 spiro atoms. The van der Waals surface area contributed by atoms with Gasteiger partial charge in [-0.05, 0) is 23.1 Å². The van der Waals surface area contributed by atoms with Crippen LogP contribution in [0.3, 0.4) is 0 Å². The van der Waals surface area contributed by atoms with Gasteiger partial charge in [-0.25, -0.2) is 4.68 Å². The second kappa shape index (κ2) is 7.94. The van der Waals surface area contributed by atoms with Gasteiger partial charge in [0, 0.05) is 5.75 Å². The summed E-state index contributed by atoms with van der Waals surface area (Å²) in [6, 6.07) is 14.1. The fourth-order valence-corrected chi connectivity index (χ4v) is 3.43. The zero-order valence-electron chi connectivity index (χ0n) is 12.4. The van der Waals surface area contributed by atoms with Gasteiger partial charge in [-0.1, -0.05) is 35.5 Å². The summed E-state index contributed by atoms with van der Waals surface area (Å²) in [5.41, 5.74) is 1.98. The van der Waals surface area contributed by atoms with Crippen molar-refractivity contribution in [3.8, 4) is 5.00 Å². The first-order valence-corrected chi connectivity index (χ1v) is 9.18. The van der Waals surface area contributed by atoms with E-state index in [-0.39, 0.29) is 5.91 Å². The lowest BCUT2D eigenvalue weighted by Crippen LogP contribution is -2.24. The minimum Gasteiger partial charge on any atom is -0.350 e. The Kier molecular flexibility index (Phi) is 5.44. The Bertz CT molecular complexity index is 741. The van der Waals surface area contributed by atoms with Gasteiger partial charge in [-0.3, -0.25) is 4.79 Å². The van der Waals surface area contributed by atoms with E-state index in [1.165, 1.54) is 5.56 Å². The second-order valence-corrected chi connectivity index (χ2v) is 6.77. The minimum atomic E-state index is 0.0107. The Hall–Kier alpha value is -2.12. The van der Waals surface area contributed by atoms with Crippen molar-refractivity contribution in [2.45, 2.75) is 12.3 Å². The molecule has 0 aliphatic rings. The first-order chi connectivity index (χ1) is 11.3. The first kappa shape index (κ1) is 15.8. The molecule has 2 heterocycles. The predicted octanol–water partition coefficient (Wildman–Crippen LogP) is 2.88. The molecule has 0 saturated carbocycles. The largest absolute Gasteiger partial charge is 0.350 e. The molecule has 118 valence electrons. The van der Waals surface area contributed by atoms with Gasteiger partial charge in [-0.15, -0.1) is 28.2 Å². The molecule has 7 heteroatoms. The average molecular weight is 344 g/mol. The third-order valence-electron chi connectivity index (χ3n) is 3.08. The highest BCUT2D eigenvalue weighted by molar-refractivity contribution is 7.99. The van der Waals surface area contributed by atoms with Crippen LogP contribution in [0.1, 0.15) is 11.3 Å². The number of carbonyl (C=O) groups excluding carboxylic acids is 1. The Labute approximate surface area is 142 Å². The van der Waals surface area contributed by atoms with Crippen molar-refractivity contribution in [3.05, 3.63) is 65.3 Å². The summed E-state index contributed by atoms with van der Waals surface area (Å²) in [7, 11) is 0. The number of rotatable bonds is 7. The van der Waals surface area contributed by atoms with Crippen LogP contribution in [0, 0.1) is 0 Å². The van der Waals surface area contributed by atoms with Gasteiger partial charge in [0.1, 0.15) is 10.7 Å². The average Bonchev–Trinajstić information content (AvgIpc) is 3.25. The van der Waals surface area contributed by atoms with Crippen LogP contribution in [-0.4, -0.2) is 26.7 Å². The van der Waals surface area contributed by atoms with E-state index < -0.39 is 0 Å². The summed E-state index contributed by atoms with van der Waals surface area (Å²) in [5.74, 6) is 1.29. The molecule has 1 N–H and O–H groups in total. The van der Waals surface area contributed by atoms with Gasteiger partial charge >= 0.3 is 0 Å². The number of hydrogen-bond acceptors (Lipinski definition) is 5. The highest BCUT2D eigenvalue weighted by atomic mass is 32.2. The van der Waals surface area contributed by atoms with Crippen LogP contribution in [0.25, 0.3) is 5.00 Å². The van der Waals surface area contributed by atoms with E-state index in [1.54, 1.807) is 27.8 Å².